The van der Waals surface area contributed by atoms with Crippen molar-refractivity contribution in [3.63, 3.8) is 0 Å². The first-order valence-electron chi connectivity index (χ1n) is 6.07. The number of hydrogen-bond acceptors (Lipinski definition) is 3. The van der Waals surface area contributed by atoms with Crippen molar-refractivity contribution < 1.29 is 14.6 Å². The zero-order valence-corrected chi connectivity index (χ0v) is 12.3. The van der Waals surface area contributed by atoms with E-state index in [9.17, 15) is 9.90 Å². The Balaban J connectivity index is 1.79. The molecule has 2 aromatic rings. The number of phenols is 1. The standard InChI is InChI=1S/C15H14BrNO3/c16-13-8-12(6-7-14(13)18)9-17-15(19)20-10-11-4-2-1-3-5-11/h1-8,18H,9-10H2,(H,17,19). The normalized spacial score (nSPS) is 10.1. The fraction of sp³-hybridized carbons (Fsp3) is 0.133. The summed E-state index contributed by atoms with van der Waals surface area (Å²) in [6.07, 6.45) is -0.474. The number of rotatable bonds is 4. The molecule has 2 N–H and O–H groups in total. The van der Waals surface area contributed by atoms with E-state index < -0.39 is 6.09 Å². The lowest BCUT2D eigenvalue weighted by atomic mass is 10.2. The number of carbonyl (C=O) groups excluding carboxylic acids is 1. The van der Waals surface area contributed by atoms with E-state index in [1.807, 2.05) is 30.3 Å². The second kappa shape index (κ2) is 6.96. The molecule has 2 aromatic carbocycles. The van der Waals surface area contributed by atoms with Crippen molar-refractivity contribution >= 4 is 22.0 Å². The molecule has 0 saturated heterocycles. The molecule has 0 spiro atoms. The van der Waals surface area contributed by atoms with Gasteiger partial charge in [-0.1, -0.05) is 36.4 Å². The molecule has 0 aliphatic rings. The van der Waals surface area contributed by atoms with Gasteiger partial charge in [0.15, 0.2) is 0 Å². The minimum absolute atomic E-state index is 0.167. The molecular weight excluding hydrogens is 322 g/mol. The van der Waals surface area contributed by atoms with Crippen molar-refractivity contribution in [3.8, 4) is 5.75 Å². The Labute approximate surface area is 125 Å². The van der Waals surface area contributed by atoms with Crippen LogP contribution < -0.4 is 5.32 Å². The van der Waals surface area contributed by atoms with Gasteiger partial charge in [0.1, 0.15) is 12.4 Å². The molecule has 0 bridgehead atoms. The molecule has 0 atom stereocenters. The molecule has 20 heavy (non-hydrogen) atoms. The van der Waals surface area contributed by atoms with Crippen LogP contribution in [0.15, 0.2) is 53.0 Å². The van der Waals surface area contributed by atoms with Crippen LogP contribution in [0.5, 0.6) is 5.75 Å². The number of aromatic hydroxyl groups is 1. The SMILES string of the molecule is O=C(NCc1ccc(O)c(Br)c1)OCc1ccccc1. The van der Waals surface area contributed by atoms with Crippen molar-refractivity contribution in [2.75, 3.05) is 0 Å². The summed E-state index contributed by atoms with van der Waals surface area (Å²) >= 11 is 3.22. The maximum absolute atomic E-state index is 11.5. The number of hydrogen-bond donors (Lipinski definition) is 2. The topological polar surface area (TPSA) is 58.6 Å². The van der Waals surface area contributed by atoms with E-state index in [2.05, 4.69) is 21.2 Å². The van der Waals surface area contributed by atoms with Crippen molar-refractivity contribution in [2.24, 2.45) is 0 Å². The number of amides is 1. The number of halogens is 1. The second-order valence-electron chi connectivity index (χ2n) is 4.20. The fourth-order valence-electron chi connectivity index (χ4n) is 1.61. The summed E-state index contributed by atoms with van der Waals surface area (Å²) in [5, 5.41) is 12.0. The molecule has 4 nitrogen and oxygen atoms in total. The lowest BCUT2D eigenvalue weighted by Gasteiger charge is -2.08. The number of ether oxygens (including phenoxy) is 1. The molecule has 0 aliphatic heterocycles. The summed E-state index contributed by atoms with van der Waals surface area (Å²) in [5.74, 6) is 0.167. The van der Waals surface area contributed by atoms with E-state index in [0.717, 1.165) is 11.1 Å². The number of alkyl carbamates (subject to hydrolysis) is 1. The molecule has 2 rings (SSSR count). The van der Waals surface area contributed by atoms with Crippen molar-refractivity contribution in [1.82, 2.24) is 5.32 Å². The summed E-state index contributed by atoms with van der Waals surface area (Å²) in [6.45, 7) is 0.582. The highest BCUT2D eigenvalue weighted by Gasteiger charge is 2.04. The van der Waals surface area contributed by atoms with Crippen LogP contribution in [-0.2, 0) is 17.9 Å². The van der Waals surface area contributed by atoms with Gasteiger partial charge < -0.3 is 15.2 Å². The van der Waals surface area contributed by atoms with E-state index in [1.165, 1.54) is 0 Å². The van der Waals surface area contributed by atoms with Crippen LogP contribution in [0.1, 0.15) is 11.1 Å². The van der Waals surface area contributed by atoms with Crippen LogP contribution in [0.2, 0.25) is 0 Å². The quantitative estimate of drug-likeness (QED) is 0.897. The van der Waals surface area contributed by atoms with E-state index in [1.54, 1.807) is 18.2 Å². The average molecular weight is 336 g/mol. The zero-order valence-electron chi connectivity index (χ0n) is 10.7. The van der Waals surface area contributed by atoms with E-state index in [0.29, 0.717) is 11.0 Å². The molecule has 0 aliphatic carbocycles. The Bertz CT molecular complexity index is 587. The third kappa shape index (κ3) is 4.28. The Morgan fingerprint density at radius 3 is 2.60 bits per heavy atom. The van der Waals surface area contributed by atoms with Gasteiger partial charge in [0.2, 0.25) is 0 Å². The van der Waals surface area contributed by atoms with Gasteiger partial charge in [0.25, 0.3) is 0 Å². The highest BCUT2D eigenvalue weighted by molar-refractivity contribution is 9.10. The molecule has 0 heterocycles. The van der Waals surface area contributed by atoms with Gasteiger partial charge >= 0.3 is 6.09 Å². The molecule has 0 radical (unpaired) electrons. The first kappa shape index (κ1) is 14.4. The Morgan fingerprint density at radius 1 is 1.15 bits per heavy atom. The van der Waals surface area contributed by atoms with Crippen LogP contribution in [-0.4, -0.2) is 11.2 Å². The zero-order chi connectivity index (χ0) is 14.4. The number of carbonyl (C=O) groups is 1. The number of nitrogens with one attached hydrogen (secondary N) is 1. The average Bonchev–Trinajstić information content (AvgIpc) is 2.47. The van der Waals surface area contributed by atoms with Crippen LogP contribution in [0, 0.1) is 0 Å². The second-order valence-corrected chi connectivity index (χ2v) is 5.06. The third-order valence-corrected chi connectivity index (χ3v) is 3.30. The summed E-state index contributed by atoms with van der Waals surface area (Å²) in [4.78, 5) is 11.5. The summed E-state index contributed by atoms with van der Waals surface area (Å²) in [6, 6.07) is 14.5. The first-order chi connectivity index (χ1) is 9.65. The van der Waals surface area contributed by atoms with Crippen LogP contribution in [0.4, 0.5) is 4.79 Å². The minimum Gasteiger partial charge on any atom is -0.507 e. The third-order valence-electron chi connectivity index (χ3n) is 2.66. The molecule has 0 fully saturated rings. The van der Waals surface area contributed by atoms with Gasteiger partial charge in [-0.3, -0.25) is 0 Å². The van der Waals surface area contributed by atoms with Crippen molar-refractivity contribution in [1.29, 1.82) is 0 Å². The maximum Gasteiger partial charge on any atom is 0.407 e. The lowest BCUT2D eigenvalue weighted by Crippen LogP contribution is -2.23. The Hall–Kier alpha value is -2.01. The monoisotopic (exact) mass is 335 g/mol. The molecule has 5 heteroatoms. The van der Waals surface area contributed by atoms with Gasteiger partial charge in [0.05, 0.1) is 4.47 Å². The fourth-order valence-corrected chi connectivity index (χ4v) is 2.03. The highest BCUT2D eigenvalue weighted by atomic mass is 79.9. The first-order valence-corrected chi connectivity index (χ1v) is 6.86. The number of benzene rings is 2. The van der Waals surface area contributed by atoms with E-state index >= 15 is 0 Å². The van der Waals surface area contributed by atoms with Gasteiger partial charge in [-0.2, -0.15) is 0 Å². The molecule has 1 amide bonds. The van der Waals surface area contributed by atoms with E-state index in [4.69, 9.17) is 4.74 Å². The van der Waals surface area contributed by atoms with Crippen LogP contribution >= 0.6 is 15.9 Å². The van der Waals surface area contributed by atoms with Gasteiger partial charge in [-0.05, 0) is 39.2 Å². The predicted molar refractivity (Wildman–Crippen MR) is 79.3 cm³/mol. The highest BCUT2D eigenvalue weighted by Crippen LogP contribution is 2.24. The maximum atomic E-state index is 11.5. The molecule has 0 unspecified atom stereocenters. The smallest absolute Gasteiger partial charge is 0.407 e. The summed E-state index contributed by atoms with van der Waals surface area (Å²) < 4.78 is 5.68. The van der Waals surface area contributed by atoms with Crippen LogP contribution in [0.25, 0.3) is 0 Å². The lowest BCUT2D eigenvalue weighted by molar-refractivity contribution is 0.139. The number of phenolic OH excluding ortho intramolecular Hbond substituents is 1. The molecule has 0 saturated carbocycles. The van der Waals surface area contributed by atoms with Crippen molar-refractivity contribution in [3.05, 3.63) is 64.1 Å². The predicted octanol–water partition coefficient (Wildman–Crippen LogP) is 3.58. The Kier molecular flexibility index (Phi) is 5.01. The molecule has 104 valence electrons. The van der Waals surface area contributed by atoms with E-state index in [-0.39, 0.29) is 12.4 Å². The Morgan fingerprint density at radius 2 is 1.90 bits per heavy atom. The largest absolute Gasteiger partial charge is 0.507 e. The van der Waals surface area contributed by atoms with Crippen molar-refractivity contribution in [2.45, 2.75) is 13.2 Å². The molecular formula is C15H14BrNO3. The summed E-state index contributed by atoms with van der Waals surface area (Å²) in [5.41, 5.74) is 1.81. The molecule has 0 aromatic heterocycles. The summed E-state index contributed by atoms with van der Waals surface area (Å²) in [7, 11) is 0. The van der Waals surface area contributed by atoms with Gasteiger partial charge in [-0.25, -0.2) is 4.79 Å². The van der Waals surface area contributed by atoms with Crippen LogP contribution in [0.3, 0.4) is 0 Å². The minimum atomic E-state index is -0.474. The van der Waals surface area contributed by atoms with Gasteiger partial charge in [0, 0.05) is 6.54 Å². The van der Waals surface area contributed by atoms with Gasteiger partial charge in [-0.15, -0.1) is 0 Å².